The predicted molar refractivity (Wildman–Crippen MR) is 68.3 cm³/mol. The summed E-state index contributed by atoms with van der Waals surface area (Å²) in [5, 5.41) is 14.5. The molecule has 0 bridgehead atoms. The third kappa shape index (κ3) is 2.06. The van der Waals surface area contributed by atoms with E-state index in [2.05, 4.69) is 28.8 Å². The minimum absolute atomic E-state index is 0.414. The van der Waals surface area contributed by atoms with Gasteiger partial charge in [-0.15, -0.1) is 0 Å². The van der Waals surface area contributed by atoms with E-state index in [0.717, 1.165) is 50.5 Å². The Kier molecular flexibility index (Phi) is 3.11. The molecule has 2 aliphatic heterocycles. The number of hydrogen-bond donors (Lipinski definition) is 1. The summed E-state index contributed by atoms with van der Waals surface area (Å²) in [5.41, 5.74) is 0. The van der Waals surface area contributed by atoms with Gasteiger partial charge in [-0.2, -0.15) is 5.10 Å². The van der Waals surface area contributed by atoms with E-state index in [9.17, 15) is 5.11 Å². The number of aromatic nitrogens is 3. The molecule has 1 fully saturated rings. The minimum Gasteiger partial charge on any atom is -0.385 e. The van der Waals surface area contributed by atoms with Crippen LogP contribution in [-0.2, 0) is 6.54 Å². The van der Waals surface area contributed by atoms with Crippen LogP contribution in [0.5, 0.6) is 0 Å². The largest absolute Gasteiger partial charge is 0.385 e. The number of likely N-dealkylation sites (tertiary alicyclic amines) is 1. The zero-order valence-corrected chi connectivity index (χ0v) is 11.2. The van der Waals surface area contributed by atoms with Gasteiger partial charge in [-0.1, -0.05) is 0 Å². The van der Waals surface area contributed by atoms with E-state index >= 15 is 0 Å². The van der Waals surface area contributed by atoms with Gasteiger partial charge in [-0.25, -0.2) is 9.67 Å². The molecule has 3 rings (SSSR count). The third-order valence-corrected chi connectivity index (χ3v) is 4.18. The molecular weight excluding hydrogens is 228 g/mol. The topological polar surface area (TPSA) is 54.2 Å². The van der Waals surface area contributed by atoms with Crippen LogP contribution in [0.3, 0.4) is 0 Å². The molecule has 2 atom stereocenters. The SMILES string of the molecule is CC(C)N1CCC(c2nc3n(n2)CCCC3O)C1. The van der Waals surface area contributed by atoms with Crippen LogP contribution in [0.4, 0.5) is 0 Å². The molecule has 100 valence electrons. The smallest absolute Gasteiger partial charge is 0.156 e. The fourth-order valence-corrected chi connectivity index (χ4v) is 2.99. The number of rotatable bonds is 2. The van der Waals surface area contributed by atoms with Crippen molar-refractivity contribution in [2.75, 3.05) is 13.1 Å². The summed E-state index contributed by atoms with van der Waals surface area (Å²) < 4.78 is 1.90. The van der Waals surface area contributed by atoms with E-state index in [1.165, 1.54) is 0 Å². The molecule has 5 nitrogen and oxygen atoms in total. The van der Waals surface area contributed by atoms with Gasteiger partial charge in [0, 0.05) is 25.0 Å². The average Bonchev–Trinajstić information content (AvgIpc) is 2.95. The van der Waals surface area contributed by atoms with Crippen molar-refractivity contribution in [3.63, 3.8) is 0 Å². The number of aliphatic hydroxyl groups excluding tert-OH is 1. The zero-order valence-electron chi connectivity index (χ0n) is 11.2. The molecule has 1 aromatic heterocycles. The van der Waals surface area contributed by atoms with E-state index in [1.54, 1.807) is 0 Å². The van der Waals surface area contributed by atoms with Gasteiger partial charge >= 0.3 is 0 Å². The van der Waals surface area contributed by atoms with Crippen LogP contribution in [0.1, 0.15) is 56.8 Å². The van der Waals surface area contributed by atoms with Gasteiger partial charge in [0.05, 0.1) is 0 Å². The van der Waals surface area contributed by atoms with Crippen LogP contribution in [0.15, 0.2) is 0 Å². The van der Waals surface area contributed by atoms with E-state index in [1.807, 2.05) is 4.68 Å². The molecular formula is C13H22N4O. The second kappa shape index (κ2) is 4.63. The second-order valence-electron chi connectivity index (χ2n) is 5.78. The van der Waals surface area contributed by atoms with Gasteiger partial charge in [0.1, 0.15) is 6.10 Å². The van der Waals surface area contributed by atoms with Gasteiger partial charge in [-0.3, -0.25) is 0 Å². The van der Waals surface area contributed by atoms with Gasteiger partial charge in [-0.05, 0) is 39.7 Å². The Labute approximate surface area is 108 Å². The fourth-order valence-electron chi connectivity index (χ4n) is 2.99. The van der Waals surface area contributed by atoms with Crippen molar-refractivity contribution in [1.29, 1.82) is 0 Å². The van der Waals surface area contributed by atoms with E-state index in [-0.39, 0.29) is 0 Å². The summed E-state index contributed by atoms with van der Waals surface area (Å²) in [6, 6.07) is 0.595. The first kappa shape index (κ1) is 12.1. The quantitative estimate of drug-likeness (QED) is 0.859. The zero-order chi connectivity index (χ0) is 12.7. The molecule has 1 aromatic rings. The molecule has 2 unspecified atom stereocenters. The molecule has 18 heavy (non-hydrogen) atoms. The summed E-state index contributed by atoms with van der Waals surface area (Å²) in [4.78, 5) is 7.06. The predicted octanol–water partition coefficient (Wildman–Crippen LogP) is 1.30. The first-order valence-corrected chi connectivity index (χ1v) is 7.02. The number of nitrogens with zero attached hydrogens (tertiary/aromatic N) is 4. The average molecular weight is 250 g/mol. The summed E-state index contributed by atoms with van der Waals surface area (Å²) in [6.45, 7) is 7.56. The van der Waals surface area contributed by atoms with Crippen LogP contribution >= 0.6 is 0 Å². The highest BCUT2D eigenvalue weighted by atomic mass is 16.3. The molecule has 0 amide bonds. The Bertz CT molecular complexity index is 429. The molecule has 2 aliphatic rings. The van der Waals surface area contributed by atoms with Gasteiger partial charge in [0.2, 0.25) is 0 Å². The highest BCUT2D eigenvalue weighted by molar-refractivity contribution is 5.06. The fraction of sp³-hybridized carbons (Fsp3) is 0.846. The monoisotopic (exact) mass is 250 g/mol. The van der Waals surface area contributed by atoms with Gasteiger partial charge < -0.3 is 10.0 Å². The van der Waals surface area contributed by atoms with Crippen molar-refractivity contribution in [3.8, 4) is 0 Å². The first-order valence-electron chi connectivity index (χ1n) is 7.02. The molecule has 5 heteroatoms. The van der Waals surface area contributed by atoms with Crippen LogP contribution in [0.25, 0.3) is 0 Å². The molecule has 1 saturated heterocycles. The highest BCUT2D eigenvalue weighted by Gasteiger charge is 2.30. The van der Waals surface area contributed by atoms with Crippen molar-refractivity contribution >= 4 is 0 Å². The number of fused-ring (bicyclic) bond motifs is 1. The van der Waals surface area contributed by atoms with Crippen LogP contribution < -0.4 is 0 Å². The van der Waals surface area contributed by atoms with E-state index in [0.29, 0.717) is 12.0 Å². The Morgan fingerprint density at radius 2 is 2.11 bits per heavy atom. The Morgan fingerprint density at radius 3 is 2.78 bits per heavy atom. The molecule has 0 saturated carbocycles. The Balaban J connectivity index is 1.78. The Morgan fingerprint density at radius 1 is 1.28 bits per heavy atom. The van der Waals surface area contributed by atoms with Crippen LogP contribution in [0, 0.1) is 0 Å². The molecule has 0 aromatic carbocycles. The summed E-state index contributed by atoms with van der Waals surface area (Å²) in [5.74, 6) is 2.16. The number of aliphatic hydroxyl groups is 1. The minimum atomic E-state index is -0.414. The maximum absolute atomic E-state index is 9.92. The van der Waals surface area contributed by atoms with Crippen molar-refractivity contribution < 1.29 is 5.11 Å². The molecule has 0 spiro atoms. The highest BCUT2D eigenvalue weighted by Crippen LogP contribution is 2.29. The lowest BCUT2D eigenvalue weighted by molar-refractivity contribution is 0.130. The van der Waals surface area contributed by atoms with Gasteiger partial charge in [0.25, 0.3) is 0 Å². The van der Waals surface area contributed by atoms with Crippen molar-refractivity contribution in [2.24, 2.45) is 0 Å². The molecule has 1 N–H and O–H groups in total. The number of hydrogen-bond acceptors (Lipinski definition) is 4. The summed E-state index contributed by atoms with van der Waals surface area (Å²) >= 11 is 0. The standard InChI is InChI=1S/C13H22N4O/c1-9(2)16-7-5-10(8-16)12-14-13-11(18)4-3-6-17(13)15-12/h9-11,18H,3-8H2,1-2H3. The second-order valence-corrected chi connectivity index (χ2v) is 5.78. The lowest BCUT2D eigenvalue weighted by atomic mass is 10.1. The van der Waals surface area contributed by atoms with E-state index < -0.39 is 6.10 Å². The Hall–Kier alpha value is -0.940. The van der Waals surface area contributed by atoms with Crippen LogP contribution in [0.2, 0.25) is 0 Å². The molecule has 3 heterocycles. The van der Waals surface area contributed by atoms with E-state index in [4.69, 9.17) is 0 Å². The van der Waals surface area contributed by atoms with Gasteiger partial charge in [0.15, 0.2) is 11.6 Å². The number of aryl methyl sites for hydroxylation is 1. The van der Waals surface area contributed by atoms with Crippen LogP contribution in [-0.4, -0.2) is 43.9 Å². The van der Waals surface area contributed by atoms with Crippen molar-refractivity contribution in [3.05, 3.63) is 11.6 Å². The van der Waals surface area contributed by atoms with Crippen molar-refractivity contribution in [1.82, 2.24) is 19.7 Å². The summed E-state index contributed by atoms with van der Waals surface area (Å²) in [7, 11) is 0. The van der Waals surface area contributed by atoms with Crippen molar-refractivity contribution in [2.45, 2.75) is 57.7 Å². The summed E-state index contributed by atoms with van der Waals surface area (Å²) in [6.07, 6.45) is 2.54. The normalized spacial score (nSPS) is 28.9. The lowest BCUT2D eigenvalue weighted by Gasteiger charge is -2.19. The first-order chi connectivity index (χ1) is 8.65. The lowest BCUT2D eigenvalue weighted by Crippen LogP contribution is -2.28. The third-order valence-electron chi connectivity index (χ3n) is 4.18. The molecule has 0 radical (unpaired) electrons. The maximum Gasteiger partial charge on any atom is 0.156 e. The maximum atomic E-state index is 9.92. The molecule has 0 aliphatic carbocycles.